The Hall–Kier alpha value is -1.95. The summed E-state index contributed by atoms with van der Waals surface area (Å²) in [5, 5.41) is 14.1. The molecule has 0 aromatic heterocycles. The van der Waals surface area contributed by atoms with Crippen LogP contribution in [0.2, 0.25) is 0 Å². The molecule has 1 aromatic carbocycles. The molecule has 96 valence electrons. The third-order valence-electron chi connectivity index (χ3n) is 3.07. The minimum atomic E-state index is -0.498. The van der Waals surface area contributed by atoms with E-state index >= 15 is 0 Å². The van der Waals surface area contributed by atoms with Gasteiger partial charge in [-0.2, -0.15) is 0 Å². The third-order valence-corrected chi connectivity index (χ3v) is 3.07. The van der Waals surface area contributed by atoms with E-state index in [1.165, 1.54) is 6.07 Å². The van der Waals surface area contributed by atoms with Crippen LogP contribution >= 0.6 is 0 Å². The van der Waals surface area contributed by atoms with Gasteiger partial charge in [-0.25, -0.2) is 0 Å². The molecule has 1 fully saturated rings. The molecule has 6 heteroatoms. The molecule has 0 atom stereocenters. The van der Waals surface area contributed by atoms with Gasteiger partial charge in [0.1, 0.15) is 5.56 Å². The van der Waals surface area contributed by atoms with Crippen molar-refractivity contribution in [3.63, 3.8) is 0 Å². The van der Waals surface area contributed by atoms with Crippen LogP contribution in [-0.4, -0.2) is 41.9 Å². The van der Waals surface area contributed by atoms with Crippen molar-refractivity contribution in [1.82, 2.24) is 10.2 Å². The quantitative estimate of drug-likeness (QED) is 0.625. The van der Waals surface area contributed by atoms with Crippen LogP contribution in [-0.2, 0) is 0 Å². The first kappa shape index (κ1) is 12.5. The number of hydrogen-bond donors (Lipinski definition) is 1. The predicted molar refractivity (Wildman–Crippen MR) is 66.6 cm³/mol. The predicted octanol–water partition coefficient (Wildman–Crippen LogP) is 0.949. The lowest BCUT2D eigenvalue weighted by Crippen LogP contribution is -2.46. The molecule has 0 radical (unpaired) electrons. The van der Waals surface area contributed by atoms with Crippen molar-refractivity contribution in [2.45, 2.75) is 6.92 Å². The number of nitrogens with zero attached hydrogens (tertiary/aromatic N) is 2. The number of carbonyl (C=O) groups is 1. The van der Waals surface area contributed by atoms with E-state index in [-0.39, 0.29) is 17.2 Å². The number of nitro groups is 1. The van der Waals surface area contributed by atoms with Gasteiger partial charge in [0.2, 0.25) is 0 Å². The molecule has 0 bridgehead atoms. The minimum Gasteiger partial charge on any atom is -0.336 e. The molecule has 0 aliphatic carbocycles. The van der Waals surface area contributed by atoms with E-state index in [4.69, 9.17) is 0 Å². The Kier molecular flexibility index (Phi) is 3.57. The Balaban J connectivity index is 2.36. The second-order valence-electron chi connectivity index (χ2n) is 4.27. The number of carbonyl (C=O) groups excluding carboxylic acids is 1. The highest BCUT2D eigenvalue weighted by Crippen LogP contribution is 2.23. The fourth-order valence-electron chi connectivity index (χ4n) is 2.11. The summed E-state index contributed by atoms with van der Waals surface area (Å²) in [4.78, 5) is 24.5. The summed E-state index contributed by atoms with van der Waals surface area (Å²) in [7, 11) is 0. The van der Waals surface area contributed by atoms with E-state index in [2.05, 4.69) is 5.32 Å². The SMILES string of the molecule is Cc1cccc([N+](=O)[O-])c1C(=O)N1CCNCC1. The molecule has 1 amide bonds. The second kappa shape index (κ2) is 5.14. The fraction of sp³-hybridized carbons (Fsp3) is 0.417. The molecule has 2 rings (SSSR count). The molecular weight excluding hydrogens is 234 g/mol. The topological polar surface area (TPSA) is 75.5 Å². The lowest BCUT2D eigenvalue weighted by molar-refractivity contribution is -0.385. The summed E-state index contributed by atoms with van der Waals surface area (Å²) in [5.74, 6) is -0.249. The first-order valence-corrected chi connectivity index (χ1v) is 5.85. The Labute approximate surface area is 105 Å². The van der Waals surface area contributed by atoms with Crippen molar-refractivity contribution in [1.29, 1.82) is 0 Å². The summed E-state index contributed by atoms with van der Waals surface area (Å²) < 4.78 is 0. The van der Waals surface area contributed by atoms with Gasteiger partial charge in [0, 0.05) is 32.2 Å². The molecule has 1 N–H and O–H groups in total. The van der Waals surface area contributed by atoms with Crippen LogP contribution < -0.4 is 5.32 Å². The van der Waals surface area contributed by atoms with E-state index in [1.54, 1.807) is 24.0 Å². The van der Waals surface area contributed by atoms with Crippen molar-refractivity contribution < 1.29 is 9.72 Å². The molecule has 0 spiro atoms. The number of nitro benzene ring substituents is 1. The van der Waals surface area contributed by atoms with Gasteiger partial charge in [-0.1, -0.05) is 12.1 Å². The van der Waals surface area contributed by atoms with Crippen LogP contribution in [0.1, 0.15) is 15.9 Å². The van der Waals surface area contributed by atoms with Crippen molar-refractivity contribution in [2.75, 3.05) is 26.2 Å². The summed E-state index contributed by atoms with van der Waals surface area (Å²) in [6.07, 6.45) is 0. The number of nitrogens with one attached hydrogen (secondary N) is 1. The van der Waals surface area contributed by atoms with Crippen LogP contribution in [0, 0.1) is 17.0 Å². The number of amides is 1. The van der Waals surface area contributed by atoms with Crippen LogP contribution in [0.5, 0.6) is 0 Å². The molecule has 1 aliphatic rings. The van der Waals surface area contributed by atoms with Gasteiger partial charge in [0.05, 0.1) is 4.92 Å². The first-order valence-electron chi connectivity index (χ1n) is 5.85. The Morgan fingerprint density at radius 2 is 2.06 bits per heavy atom. The van der Waals surface area contributed by atoms with Crippen molar-refractivity contribution in [3.05, 3.63) is 39.4 Å². The zero-order chi connectivity index (χ0) is 13.1. The zero-order valence-corrected chi connectivity index (χ0v) is 10.2. The Morgan fingerprint density at radius 3 is 2.67 bits per heavy atom. The third kappa shape index (κ3) is 2.33. The molecule has 0 unspecified atom stereocenters. The van der Waals surface area contributed by atoms with Gasteiger partial charge in [-0.3, -0.25) is 14.9 Å². The van der Waals surface area contributed by atoms with E-state index in [1.807, 2.05) is 0 Å². The molecule has 18 heavy (non-hydrogen) atoms. The van der Waals surface area contributed by atoms with Gasteiger partial charge in [0.25, 0.3) is 11.6 Å². The summed E-state index contributed by atoms with van der Waals surface area (Å²) in [6, 6.07) is 4.70. The maximum Gasteiger partial charge on any atom is 0.282 e. The van der Waals surface area contributed by atoms with Gasteiger partial charge in [0.15, 0.2) is 0 Å². The van der Waals surface area contributed by atoms with Crippen LogP contribution in [0.25, 0.3) is 0 Å². The average molecular weight is 249 g/mol. The molecule has 0 saturated carbocycles. The Morgan fingerprint density at radius 1 is 1.39 bits per heavy atom. The van der Waals surface area contributed by atoms with Gasteiger partial charge in [-0.05, 0) is 12.5 Å². The van der Waals surface area contributed by atoms with Crippen LogP contribution in [0.3, 0.4) is 0 Å². The highest BCUT2D eigenvalue weighted by Gasteiger charge is 2.27. The summed E-state index contributed by atoms with van der Waals surface area (Å²) >= 11 is 0. The smallest absolute Gasteiger partial charge is 0.282 e. The van der Waals surface area contributed by atoms with Crippen molar-refractivity contribution in [3.8, 4) is 0 Å². The average Bonchev–Trinajstić information content (AvgIpc) is 2.38. The number of hydrogen-bond acceptors (Lipinski definition) is 4. The minimum absolute atomic E-state index is 0.112. The summed E-state index contributed by atoms with van der Waals surface area (Å²) in [6.45, 7) is 4.36. The lowest BCUT2D eigenvalue weighted by atomic mass is 10.0. The van der Waals surface area contributed by atoms with E-state index < -0.39 is 4.92 Å². The first-order chi connectivity index (χ1) is 8.61. The monoisotopic (exact) mass is 249 g/mol. The number of piperazine rings is 1. The molecule has 1 saturated heterocycles. The molecular formula is C12H15N3O3. The van der Waals surface area contributed by atoms with Gasteiger partial charge >= 0.3 is 0 Å². The highest BCUT2D eigenvalue weighted by atomic mass is 16.6. The van der Waals surface area contributed by atoms with Gasteiger partial charge in [-0.15, -0.1) is 0 Å². The normalized spacial score (nSPS) is 15.5. The van der Waals surface area contributed by atoms with Crippen molar-refractivity contribution in [2.24, 2.45) is 0 Å². The maximum absolute atomic E-state index is 12.3. The molecule has 1 heterocycles. The van der Waals surface area contributed by atoms with E-state index in [0.29, 0.717) is 18.7 Å². The largest absolute Gasteiger partial charge is 0.336 e. The van der Waals surface area contributed by atoms with E-state index in [9.17, 15) is 14.9 Å². The second-order valence-corrected chi connectivity index (χ2v) is 4.27. The van der Waals surface area contributed by atoms with Gasteiger partial charge < -0.3 is 10.2 Å². The van der Waals surface area contributed by atoms with Crippen LogP contribution in [0.4, 0.5) is 5.69 Å². The fourth-order valence-corrected chi connectivity index (χ4v) is 2.11. The van der Waals surface area contributed by atoms with E-state index in [0.717, 1.165) is 13.1 Å². The molecule has 6 nitrogen and oxygen atoms in total. The standard InChI is InChI=1S/C12H15N3O3/c1-9-3-2-4-10(15(17)18)11(9)12(16)14-7-5-13-6-8-14/h2-4,13H,5-8H2,1H3. The van der Waals surface area contributed by atoms with Crippen LogP contribution in [0.15, 0.2) is 18.2 Å². The summed E-state index contributed by atoms with van der Waals surface area (Å²) in [5.41, 5.74) is 0.746. The number of benzene rings is 1. The Bertz CT molecular complexity index is 481. The molecule has 1 aliphatic heterocycles. The number of rotatable bonds is 2. The zero-order valence-electron chi connectivity index (χ0n) is 10.2. The number of aryl methyl sites for hydroxylation is 1. The van der Waals surface area contributed by atoms with Crippen molar-refractivity contribution >= 4 is 11.6 Å². The molecule has 1 aromatic rings. The maximum atomic E-state index is 12.3. The lowest BCUT2D eigenvalue weighted by Gasteiger charge is -2.27. The highest BCUT2D eigenvalue weighted by molar-refractivity contribution is 5.99.